The Hall–Kier alpha value is -0.830. The van der Waals surface area contributed by atoms with E-state index in [1.165, 1.54) is 19.3 Å². The highest BCUT2D eigenvalue weighted by Gasteiger charge is 2.68. The van der Waals surface area contributed by atoms with Crippen LogP contribution in [0.1, 0.15) is 113 Å². The average molecular weight is 457 g/mol. The highest BCUT2D eigenvalue weighted by Crippen LogP contribution is 2.75. The van der Waals surface area contributed by atoms with Crippen molar-refractivity contribution in [1.29, 1.82) is 0 Å². The predicted molar refractivity (Wildman–Crippen MR) is 133 cm³/mol. The second kappa shape index (κ2) is 6.89. The van der Waals surface area contributed by atoms with Gasteiger partial charge in [-0.2, -0.15) is 0 Å². The van der Waals surface area contributed by atoms with Crippen LogP contribution in [0, 0.1) is 50.2 Å². The molecule has 0 amide bonds. The minimum absolute atomic E-state index is 0.00747. The van der Waals surface area contributed by atoms with Gasteiger partial charge in [-0.3, -0.25) is 4.79 Å². The first kappa shape index (κ1) is 23.9. The molecule has 4 saturated carbocycles. The van der Waals surface area contributed by atoms with Crippen molar-refractivity contribution in [3.8, 4) is 0 Å². The molecule has 2 unspecified atom stereocenters. The average Bonchev–Trinajstić information content (AvgIpc) is 2.70. The van der Waals surface area contributed by atoms with Gasteiger partial charge in [0.15, 0.2) is 0 Å². The molecule has 2 N–H and O–H groups in total. The summed E-state index contributed by atoms with van der Waals surface area (Å²) in [7, 11) is 0. The van der Waals surface area contributed by atoms with Gasteiger partial charge in [-0.1, -0.05) is 60.1 Å². The number of aliphatic carboxylic acids is 1. The molecule has 0 heterocycles. The summed E-state index contributed by atoms with van der Waals surface area (Å²) in [6.45, 7) is 16.9. The van der Waals surface area contributed by atoms with Gasteiger partial charge >= 0.3 is 5.97 Å². The van der Waals surface area contributed by atoms with E-state index in [9.17, 15) is 15.0 Å². The normalized spacial score (nSPS) is 52.4. The van der Waals surface area contributed by atoms with E-state index in [0.29, 0.717) is 11.8 Å². The maximum Gasteiger partial charge on any atom is 0.310 e. The zero-order valence-electron chi connectivity index (χ0n) is 22.3. The van der Waals surface area contributed by atoms with E-state index in [1.807, 2.05) is 0 Å². The van der Waals surface area contributed by atoms with E-state index in [4.69, 9.17) is 0 Å². The first-order valence-corrected chi connectivity index (χ1v) is 13.8. The van der Waals surface area contributed by atoms with E-state index in [1.54, 1.807) is 5.57 Å². The van der Waals surface area contributed by atoms with Crippen LogP contribution >= 0.6 is 0 Å². The molecule has 8 atom stereocenters. The first-order valence-electron chi connectivity index (χ1n) is 13.8. The van der Waals surface area contributed by atoms with E-state index >= 15 is 0 Å². The Balaban J connectivity index is 1.59. The molecule has 5 aliphatic carbocycles. The highest BCUT2D eigenvalue weighted by molar-refractivity contribution is 5.76. The molecule has 3 heteroatoms. The standard InChI is InChI=1S/C30H48O3/c1-25(2)16-17-30(24(32)33)15-10-21-28(6)12-8-19-26(3,4)23(31)11-14-27(19,5)20(28)9-13-29(21,7)22(30)18-25/h10,19-20,22-23,31H,8-9,11-18H2,1-7H3,(H,32,33)/t19?,20?,22-,23-,27-,28+,29+,30+/m1/s1. The summed E-state index contributed by atoms with van der Waals surface area (Å²) in [6, 6.07) is 0. The molecule has 33 heavy (non-hydrogen) atoms. The SMILES string of the molecule is CC1(C)CC[C@@]2(C(=O)O)CC=C3[C@](C)(CCC4[C@]5(C)CC[C@@H](O)C(C)(C)C5CC[C@]34C)[C@H]2C1. The van der Waals surface area contributed by atoms with Crippen molar-refractivity contribution >= 4 is 5.97 Å². The summed E-state index contributed by atoms with van der Waals surface area (Å²) in [4.78, 5) is 12.8. The monoisotopic (exact) mass is 456 g/mol. The van der Waals surface area contributed by atoms with Crippen molar-refractivity contribution in [3.63, 3.8) is 0 Å². The largest absolute Gasteiger partial charge is 0.481 e. The van der Waals surface area contributed by atoms with E-state index in [0.717, 1.165) is 44.9 Å². The molecule has 0 radical (unpaired) electrons. The van der Waals surface area contributed by atoms with Crippen molar-refractivity contribution in [3.05, 3.63) is 11.6 Å². The lowest BCUT2D eigenvalue weighted by Gasteiger charge is -2.70. The van der Waals surface area contributed by atoms with Crippen LogP contribution in [0.5, 0.6) is 0 Å². The van der Waals surface area contributed by atoms with Gasteiger partial charge in [-0.05, 0) is 109 Å². The van der Waals surface area contributed by atoms with E-state index in [2.05, 4.69) is 54.5 Å². The summed E-state index contributed by atoms with van der Waals surface area (Å²) >= 11 is 0. The van der Waals surface area contributed by atoms with Crippen LogP contribution in [-0.2, 0) is 4.79 Å². The van der Waals surface area contributed by atoms with Crippen molar-refractivity contribution < 1.29 is 15.0 Å². The molecule has 0 aliphatic heterocycles. The Morgan fingerprint density at radius 2 is 1.42 bits per heavy atom. The molecule has 4 fully saturated rings. The van der Waals surface area contributed by atoms with E-state index in [-0.39, 0.29) is 39.1 Å². The number of allylic oxidation sites excluding steroid dienone is 2. The number of rotatable bonds is 1. The third-order valence-electron chi connectivity index (χ3n) is 12.7. The number of aliphatic hydroxyl groups excluding tert-OH is 1. The first-order chi connectivity index (χ1) is 15.1. The molecular formula is C30H48O3. The van der Waals surface area contributed by atoms with Gasteiger partial charge in [0.25, 0.3) is 0 Å². The second-order valence-corrected chi connectivity index (χ2v) is 15.1. The van der Waals surface area contributed by atoms with Crippen LogP contribution < -0.4 is 0 Å². The van der Waals surface area contributed by atoms with Gasteiger partial charge < -0.3 is 10.2 Å². The van der Waals surface area contributed by atoms with Crippen molar-refractivity contribution in [2.45, 2.75) is 119 Å². The van der Waals surface area contributed by atoms with Gasteiger partial charge in [-0.25, -0.2) is 0 Å². The minimum atomic E-state index is -0.574. The number of hydrogen-bond acceptors (Lipinski definition) is 2. The summed E-state index contributed by atoms with van der Waals surface area (Å²) in [5, 5.41) is 21.4. The van der Waals surface area contributed by atoms with Gasteiger partial charge in [0.1, 0.15) is 0 Å². The van der Waals surface area contributed by atoms with Crippen LogP contribution in [0.25, 0.3) is 0 Å². The molecule has 5 rings (SSSR count). The fourth-order valence-electron chi connectivity index (χ4n) is 10.9. The fraction of sp³-hybridized carbons (Fsp3) is 0.900. The van der Waals surface area contributed by atoms with Gasteiger partial charge in [-0.15, -0.1) is 0 Å². The molecule has 186 valence electrons. The van der Waals surface area contributed by atoms with Gasteiger partial charge in [0.2, 0.25) is 0 Å². The number of hydrogen-bond donors (Lipinski definition) is 2. The lowest BCUT2D eigenvalue weighted by Crippen LogP contribution is -2.64. The quantitative estimate of drug-likeness (QED) is 0.409. The number of carbonyl (C=O) groups is 1. The summed E-state index contributed by atoms with van der Waals surface area (Å²) < 4.78 is 0. The van der Waals surface area contributed by atoms with Crippen molar-refractivity contribution in [2.24, 2.45) is 50.2 Å². The van der Waals surface area contributed by atoms with Crippen LogP contribution in [0.3, 0.4) is 0 Å². The minimum Gasteiger partial charge on any atom is -0.481 e. The lowest BCUT2D eigenvalue weighted by atomic mass is 9.34. The predicted octanol–water partition coefficient (Wildman–Crippen LogP) is 7.23. The third-order valence-corrected chi connectivity index (χ3v) is 12.7. The number of aliphatic hydroxyl groups is 1. The Kier molecular flexibility index (Phi) is 4.99. The Morgan fingerprint density at radius 1 is 0.818 bits per heavy atom. The van der Waals surface area contributed by atoms with Crippen LogP contribution in [-0.4, -0.2) is 22.3 Å². The van der Waals surface area contributed by atoms with Gasteiger partial charge in [0, 0.05) is 0 Å². The van der Waals surface area contributed by atoms with Crippen LogP contribution in [0.4, 0.5) is 0 Å². The second-order valence-electron chi connectivity index (χ2n) is 15.1. The zero-order valence-corrected chi connectivity index (χ0v) is 22.3. The maximum absolute atomic E-state index is 12.8. The van der Waals surface area contributed by atoms with Crippen LogP contribution in [0.2, 0.25) is 0 Å². The molecular weight excluding hydrogens is 408 g/mol. The molecule has 0 spiro atoms. The smallest absolute Gasteiger partial charge is 0.310 e. The Bertz CT molecular complexity index is 885. The summed E-state index contributed by atoms with van der Waals surface area (Å²) in [5.74, 6) is 0.875. The summed E-state index contributed by atoms with van der Waals surface area (Å²) in [5.41, 5.74) is 1.64. The summed E-state index contributed by atoms with van der Waals surface area (Å²) in [6.07, 6.45) is 12.6. The van der Waals surface area contributed by atoms with Crippen molar-refractivity contribution in [1.82, 2.24) is 0 Å². The molecule has 0 saturated heterocycles. The molecule has 0 aromatic carbocycles. The molecule has 3 nitrogen and oxygen atoms in total. The topological polar surface area (TPSA) is 57.5 Å². The highest BCUT2D eigenvalue weighted by atomic mass is 16.4. The van der Waals surface area contributed by atoms with Gasteiger partial charge in [0.05, 0.1) is 11.5 Å². The molecule has 0 aromatic rings. The Labute approximate surface area is 201 Å². The fourth-order valence-corrected chi connectivity index (χ4v) is 10.9. The molecule has 5 aliphatic rings. The Morgan fingerprint density at radius 3 is 2.06 bits per heavy atom. The maximum atomic E-state index is 12.8. The van der Waals surface area contributed by atoms with Crippen LogP contribution in [0.15, 0.2) is 11.6 Å². The molecule has 0 aromatic heterocycles. The zero-order chi connectivity index (χ0) is 24.2. The number of fused-ring (bicyclic) bond motifs is 7. The lowest BCUT2D eigenvalue weighted by molar-refractivity contribution is -0.189. The van der Waals surface area contributed by atoms with Crippen molar-refractivity contribution in [2.75, 3.05) is 0 Å². The third kappa shape index (κ3) is 2.93. The number of carboxylic acids is 1. The van der Waals surface area contributed by atoms with E-state index < -0.39 is 11.4 Å². The molecule has 0 bridgehead atoms. The number of carboxylic acid groups (broad SMARTS) is 1.